The van der Waals surface area contributed by atoms with Gasteiger partial charge >= 0.3 is 0 Å². The Labute approximate surface area is 121 Å². The highest BCUT2D eigenvalue weighted by atomic mass is 16.2. The van der Waals surface area contributed by atoms with E-state index in [1.54, 1.807) is 30.3 Å². The molecular formula is C14H15N5O2. The van der Waals surface area contributed by atoms with E-state index >= 15 is 0 Å². The largest absolute Gasteiger partial charge is 0.396 e. The van der Waals surface area contributed by atoms with E-state index in [0.29, 0.717) is 17.8 Å². The van der Waals surface area contributed by atoms with E-state index in [1.807, 2.05) is 0 Å². The molecule has 0 saturated heterocycles. The van der Waals surface area contributed by atoms with Gasteiger partial charge in [0.15, 0.2) is 0 Å². The Morgan fingerprint density at radius 2 is 2.00 bits per heavy atom. The molecule has 0 spiro atoms. The van der Waals surface area contributed by atoms with Gasteiger partial charge in [0.25, 0.3) is 11.8 Å². The Bertz CT molecular complexity index is 660. The second-order valence-electron chi connectivity index (χ2n) is 4.23. The number of nitrogen functional groups attached to an aromatic ring is 1. The van der Waals surface area contributed by atoms with Crippen LogP contribution >= 0.6 is 0 Å². The molecule has 1 heterocycles. The normalized spacial score (nSPS) is 9.90. The van der Waals surface area contributed by atoms with Gasteiger partial charge in [-0.05, 0) is 24.3 Å². The number of nitrogens with one attached hydrogen (secondary N) is 3. The van der Waals surface area contributed by atoms with E-state index < -0.39 is 5.91 Å². The predicted octanol–water partition coefficient (Wildman–Crippen LogP) is 1.16. The van der Waals surface area contributed by atoms with Gasteiger partial charge in [-0.15, -0.1) is 6.58 Å². The lowest BCUT2D eigenvalue weighted by atomic mass is 10.2. The highest BCUT2D eigenvalue weighted by Crippen LogP contribution is 2.13. The minimum atomic E-state index is -0.395. The van der Waals surface area contributed by atoms with Crippen molar-refractivity contribution in [1.82, 2.24) is 15.5 Å². The fourth-order valence-electron chi connectivity index (χ4n) is 1.64. The maximum Gasteiger partial charge on any atom is 0.275 e. The summed E-state index contributed by atoms with van der Waals surface area (Å²) >= 11 is 0. The Hall–Kier alpha value is -3.09. The van der Waals surface area contributed by atoms with Gasteiger partial charge in [0.1, 0.15) is 5.69 Å². The lowest BCUT2D eigenvalue weighted by molar-refractivity contribution is 0.0957. The number of anilines is 2. The maximum atomic E-state index is 11.9. The number of aromatic amines is 1. The molecule has 0 unspecified atom stereocenters. The fraction of sp³-hybridized carbons (Fsp3) is 0.0714. The van der Waals surface area contributed by atoms with Gasteiger partial charge < -0.3 is 16.4 Å². The molecule has 0 saturated carbocycles. The van der Waals surface area contributed by atoms with E-state index in [9.17, 15) is 9.59 Å². The Morgan fingerprint density at radius 3 is 2.57 bits per heavy atom. The molecule has 0 atom stereocenters. The second-order valence-corrected chi connectivity index (χ2v) is 4.23. The number of nitrogens with two attached hydrogens (primary N) is 1. The molecule has 7 heteroatoms. The number of amides is 2. The third kappa shape index (κ3) is 3.47. The van der Waals surface area contributed by atoms with Crippen molar-refractivity contribution in [3.63, 3.8) is 0 Å². The van der Waals surface area contributed by atoms with Crippen molar-refractivity contribution in [2.45, 2.75) is 0 Å². The molecule has 2 amide bonds. The standard InChI is InChI=1S/C14H15N5O2/c1-2-7-16-13(20)9-3-5-10(6-4-9)18-14(21)12-11(15)8-17-19-12/h2-6,8H,1,7,15H2,(H,16,20)(H,17,19)(H,18,21). The summed E-state index contributed by atoms with van der Waals surface area (Å²) in [4.78, 5) is 23.6. The third-order valence-electron chi connectivity index (χ3n) is 2.71. The number of rotatable bonds is 5. The van der Waals surface area contributed by atoms with Crippen LogP contribution in [0.4, 0.5) is 11.4 Å². The van der Waals surface area contributed by atoms with Gasteiger partial charge in [-0.25, -0.2) is 0 Å². The first-order chi connectivity index (χ1) is 10.1. The van der Waals surface area contributed by atoms with Gasteiger partial charge in [0.05, 0.1) is 11.9 Å². The number of H-pyrrole nitrogens is 1. The van der Waals surface area contributed by atoms with Crippen LogP contribution in [0.15, 0.2) is 43.1 Å². The van der Waals surface area contributed by atoms with E-state index in [1.165, 1.54) is 6.20 Å². The molecule has 0 fully saturated rings. The topological polar surface area (TPSA) is 113 Å². The minimum Gasteiger partial charge on any atom is -0.396 e. The van der Waals surface area contributed by atoms with Gasteiger partial charge in [-0.1, -0.05) is 6.08 Å². The van der Waals surface area contributed by atoms with Crippen LogP contribution in [0, 0.1) is 0 Å². The average Bonchev–Trinajstić information content (AvgIpc) is 2.91. The maximum absolute atomic E-state index is 11.9. The van der Waals surface area contributed by atoms with Crippen molar-refractivity contribution in [3.05, 3.63) is 54.4 Å². The highest BCUT2D eigenvalue weighted by Gasteiger charge is 2.12. The zero-order chi connectivity index (χ0) is 15.2. The molecule has 0 radical (unpaired) electrons. The number of hydrogen-bond acceptors (Lipinski definition) is 4. The van der Waals surface area contributed by atoms with Crippen molar-refractivity contribution in [2.75, 3.05) is 17.6 Å². The van der Waals surface area contributed by atoms with E-state index in [-0.39, 0.29) is 17.3 Å². The molecule has 2 aromatic rings. The van der Waals surface area contributed by atoms with Crippen molar-refractivity contribution in [1.29, 1.82) is 0 Å². The molecular weight excluding hydrogens is 270 g/mol. The molecule has 1 aromatic carbocycles. The van der Waals surface area contributed by atoms with Crippen molar-refractivity contribution in [2.24, 2.45) is 0 Å². The molecule has 5 N–H and O–H groups in total. The molecule has 1 aromatic heterocycles. The summed E-state index contributed by atoms with van der Waals surface area (Å²) in [6.07, 6.45) is 2.96. The van der Waals surface area contributed by atoms with Crippen LogP contribution in [0.2, 0.25) is 0 Å². The first kappa shape index (κ1) is 14.3. The second kappa shape index (κ2) is 6.38. The van der Waals surface area contributed by atoms with Gasteiger partial charge in [0, 0.05) is 17.8 Å². The molecule has 0 bridgehead atoms. The number of benzene rings is 1. The molecule has 7 nitrogen and oxygen atoms in total. The molecule has 108 valence electrons. The molecule has 0 aliphatic rings. The number of aromatic nitrogens is 2. The summed E-state index contributed by atoms with van der Waals surface area (Å²) in [7, 11) is 0. The highest BCUT2D eigenvalue weighted by molar-refractivity contribution is 6.06. The number of nitrogens with zero attached hydrogens (tertiary/aromatic N) is 1. The number of carbonyl (C=O) groups excluding carboxylic acids is 2. The Balaban J connectivity index is 2.02. The molecule has 21 heavy (non-hydrogen) atoms. The Kier molecular flexibility index (Phi) is 4.35. The summed E-state index contributed by atoms with van der Waals surface area (Å²) in [5.41, 5.74) is 7.10. The predicted molar refractivity (Wildman–Crippen MR) is 79.9 cm³/mol. The third-order valence-corrected chi connectivity index (χ3v) is 2.71. The lowest BCUT2D eigenvalue weighted by Crippen LogP contribution is -2.23. The van der Waals surface area contributed by atoms with Gasteiger partial charge in [-0.3, -0.25) is 14.7 Å². The summed E-state index contributed by atoms with van der Waals surface area (Å²) in [6, 6.07) is 6.50. The zero-order valence-electron chi connectivity index (χ0n) is 11.2. The van der Waals surface area contributed by atoms with E-state index in [4.69, 9.17) is 5.73 Å². The van der Waals surface area contributed by atoms with Crippen molar-refractivity contribution in [3.8, 4) is 0 Å². The Morgan fingerprint density at radius 1 is 1.29 bits per heavy atom. The monoisotopic (exact) mass is 285 g/mol. The van der Waals surface area contributed by atoms with Crippen LogP contribution in [-0.4, -0.2) is 28.6 Å². The average molecular weight is 285 g/mol. The smallest absolute Gasteiger partial charge is 0.275 e. The zero-order valence-corrected chi connectivity index (χ0v) is 11.2. The lowest BCUT2D eigenvalue weighted by Gasteiger charge is -2.06. The minimum absolute atomic E-state index is 0.197. The van der Waals surface area contributed by atoms with Crippen LogP contribution in [0.3, 0.4) is 0 Å². The van der Waals surface area contributed by atoms with Crippen LogP contribution in [0.25, 0.3) is 0 Å². The van der Waals surface area contributed by atoms with Crippen LogP contribution in [0.1, 0.15) is 20.8 Å². The van der Waals surface area contributed by atoms with E-state index in [0.717, 1.165) is 0 Å². The SMILES string of the molecule is C=CCNC(=O)c1ccc(NC(=O)c2[nH]ncc2N)cc1. The first-order valence-corrected chi connectivity index (χ1v) is 6.21. The molecule has 2 rings (SSSR count). The summed E-state index contributed by atoms with van der Waals surface area (Å²) in [5, 5.41) is 11.5. The number of hydrogen-bond donors (Lipinski definition) is 4. The van der Waals surface area contributed by atoms with Gasteiger partial charge in [0.2, 0.25) is 0 Å². The van der Waals surface area contributed by atoms with Crippen molar-refractivity contribution < 1.29 is 9.59 Å². The first-order valence-electron chi connectivity index (χ1n) is 6.21. The van der Waals surface area contributed by atoms with Crippen molar-refractivity contribution >= 4 is 23.2 Å². The number of carbonyl (C=O) groups is 2. The quantitative estimate of drug-likeness (QED) is 0.617. The van der Waals surface area contributed by atoms with Crippen LogP contribution in [0.5, 0.6) is 0 Å². The van der Waals surface area contributed by atoms with Crippen LogP contribution in [-0.2, 0) is 0 Å². The summed E-state index contributed by atoms with van der Waals surface area (Å²) in [5.74, 6) is -0.598. The molecule has 0 aliphatic heterocycles. The van der Waals surface area contributed by atoms with Crippen LogP contribution < -0.4 is 16.4 Å². The summed E-state index contributed by atoms with van der Waals surface area (Å²) in [6.45, 7) is 3.92. The fourth-order valence-corrected chi connectivity index (χ4v) is 1.64. The van der Waals surface area contributed by atoms with E-state index in [2.05, 4.69) is 27.4 Å². The van der Waals surface area contributed by atoms with Gasteiger partial charge in [-0.2, -0.15) is 5.10 Å². The summed E-state index contributed by atoms with van der Waals surface area (Å²) < 4.78 is 0. The molecule has 0 aliphatic carbocycles.